The molecule has 79 heavy (non-hydrogen) atoms. The number of sulfonamides is 1. The first-order valence-electron chi connectivity index (χ1n) is 26.1. The van der Waals surface area contributed by atoms with Gasteiger partial charge < -0.3 is 42.8 Å². The van der Waals surface area contributed by atoms with Crippen molar-refractivity contribution in [2.24, 2.45) is 0 Å². The van der Waals surface area contributed by atoms with Crippen molar-refractivity contribution in [3.63, 3.8) is 0 Å². The Balaban J connectivity index is 0.000000183. The van der Waals surface area contributed by atoms with E-state index in [1.54, 1.807) is 84.9 Å². The van der Waals surface area contributed by atoms with Gasteiger partial charge in [0.1, 0.15) is 22.4 Å². The molecule has 14 nitrogen and oxygen atoms in total. The van der Waals surface area contributed by atoms with Crippen LogP contribution in [0.1, 0.15) is 94.3 Å². The van der Waals surface area contributed by atoms with Gasteiger partial charge in [-0.15, -0.1) is 4.08 Å². The van der Waals surface area contributed by atoms with Crippen molar-refractivity contribution < 1.29 is 53.9 Å². The molecular weight excluding hydrogens is 1080 g/mol. The molecule has 18 heteroatoms. The fourth-order valence-electron chi connectivity index (χ4n) is 9.87. The molecule has 0 amide bonds. The van der Waals surface area contributed by atoms with Gasteiger partial charge in [-0.2, -0.15) is 0 Å². The fourth-order valence-corrected chi connectivity index (χ4v) is 16.7. The maximum atomic E-state index is 14.5. The van der Waals surface area contributed by atoms with Crippen LogP contribution in [0.2, 0.25) is 0 Å². The summed E-state index contributed by atoms with van der Waals surface area (Å²) in [6.45, 7) is 19.7. The number of benzene rings is 7. The lowest BCUT2D eigenvalue weighted by Crippen LogP contribution is -2.30. The van der Waals surface area contributed by atoms with E-state index in [1.807, 2.05) is 130 Å². The van der Waals surface area contributed by atoms with E-state index in [0.717, 1.165) is 33.4 Å². The summed E-state index contributed by atoms with van der Waals surface area (Å²) < 4.78 is 108. The average molecular weight is 1150 g/mol. The quantitative estimate of drug-likeness (QED) is 0.0760. The van der Waals surface area contributed by atoms with Crippen LogP contribution in [0.15, 0.2) is 155 Å². The molecule has 0 atom stereocenters. The maximum Gasteiger partial charge on any atom is 0.427 e. The third-order valence-electron chi connectivity index (χ3n) is 13.6. The predicted molar refractivity (Wildman–Crippen MR) is 309 cm³/mol. The standard InChI is InChI=1S/C34H37N2O6PS.C27H29O6PS/c1-23-16-18-27(19-17-23)44(37,38)36(22-26-10-6-7-13-28(26)35)43(41-29-14-8-11-24-20-33(2,3)39-31(24)29)42-30-15-9-12-25-21-34(4,5)40-32(25)30;1-18-12-14-21(15-13-18)35(28,29)34(32-22-10-6-8-19-16-26(2,3)30-24(19)22)33-23-11-7-9-20-17-27(4,5)31-25(20)23/h6-19H,20-22,35H2,1-5H3;6-15H,16-17H2,1-5H3. The summed E-state index contributed by atoms with van der Waals surface area (Å²) in [5, 5.41) is 0. The van der Waals surface area contributed by atoms with Gasteiger partial charge in [-0.05, 0) is 129 Å². The highest BCUT2D eigenvalue weighted by Gasteiger charge is 2.44. The largest absolute Gasteiger partial charge is 0.483 e. The zero-order valence-electron chi connectivity index (χ0n) is 46.0. The monoisotopic (exact) mass is 1140 g/mol. The molecule has 0 unspecified atom stereocenters. The summed E-state index contributed by atoms with van der Waals surface area (Å²) in [5.74, 6) is 3.78. The van der Waals surface area contributed by atoms with Gasteiger partial charge in [0.2, 0.25) is 0 Å². The minimum Gasteiger partial charge on any atom is -0.483 e. The Morgan fingerprint density at radius 2 is 0.797 bits per heavy atom. The zero-order chi connectivity index (χ0) is 56.3. The lowest BCUT2D eigenvalue weighted by atomic mass is 10.0. The molecule has 4 heterocycles. The second-order valence-corrected chi connectivity index (χ2v) is 30.8. The number of ether oxygens (including phenoxy) is 4. The van der Waals surface area contributed by atoms with E-state index in [9.17, 15) is 16.8 Å². The fraction of sp³-hybridized carbons (Fsp3) is 0.311. The number of nitrogens with zero attached hydrogens (tertiary/aromatic N) is 1. The molecule has 0 aliphatic carbocycles. The summed E-state index contributed by atoms with van der Waals surface area (Å²) in [6, 6.07) is 43.0. The average Bonchev–Trinajstić information content (AvgIpc) is 4.34. The van der Waals surface area contributed by atoms with E-state index >= 15 is 0 Å². The number of fused-ring (bicyclic) bond motifs is 4. The number of nitrogens with two attached hydrogens (primary N) is 1. The van der Waals surface area contributed by atoms with E-state index in [4.69, 9.17) is 42.8 Å². The van der Waals surface area contributed by atoms with Crippen LogP contribution < -0.4 is 42.8 Å². The highest BCUT2D eigenvalue weighted by Crippen LogP contribution is 2.58. The van der Waals surface area contributed by atoms with Crippen molar-refractivity contribution in [3.8, 4) is 46.0 Å². The van der Waals surface area contributed by atoms with Crippen LogP contribution in [0, 0.1) is 13.8 Å². The molecule has 4 aliphatic rings. The minimum absolute atomic E-state index is 0.0860. The van der Waals surface area contributed by atoms with Crippen LogP contribution in [0.5, 0.6) is 46.0 Å². The first-order valence-corrected chi connectivity index (χ1v) is 31.9. The van der Waals surface area contributed by atoms with Crippen molar-refractivity contribution in [3.05, 3.63) is 185 Å². The number of rotatable bonds is 15. The van der Waals surface area contributed by atoms with E-state index in [0.29, 0.717) is 82.9 Å². The van der Waals surface area contributed by atoms with Gasteiger partial charge in [-0.25, -0.2) is 16.8 Å². The maximum absolute atomic E-state index is 14.5. The van der Waals surface area contributed by atoms with Crippen LogP contribution in [-0.2, 0) is 51.7 Å². The van der Waals surface area contributed by atoms with Crippen LogP contribution in [0.3, 0.4) is 0 Å². The second kappa shape index (κ2) is 21.2. The molecule has 0 radical (unpaired) electrons. The Labute approximate surface area is 466 Å². The Bertz CT molecular complexity index is 3530. The highest BCUT2D eigenvalue weighted by atomic mass is 32.8. The summed E-state index contributed by atoms with van der Waals surface area (Å²) in [7, 11) is -13.1. The van der Waals surface area contributed by atoms with Crippen molar-refractivity contribution in [2.75, 3.05) is 5.73 Å². The van der Waals surface area contributed by atoms with Crippen molar-refractivity contribution in [1.82, 2.24) is 4.08 Å². The van der Waals surface area contributed by atoms with E-state index < -0.39 is 58.0 Å². The first-order chi connectivity index (χ1) is 37.2. The van der Waals surface area contributed by atoms with E-state index in [-0.39, 0.29) is 16.3 Å². The number of anilines is 1. The SMILES string of the molecule is Cc1ccc(S(=O)(=O)N(Cc2ccccc2N)P(Oc2cccc3c2OC(C)(C)C3)Oc2cccc3c2OC(C)(C)C3)cc1.Cc1ccc(S(=O)(=O)P(Oc2cccc3c2OC(C)(C)C3)Oc2cccc3c2OC(C)(C)C3)cc1. The van der Waals surface area contributed by atoms with E-state index in [2.05, 4.69) is 0 Å². The molecule has 2 N–H and O–H groups in total. The molecule has 7 aromatic carbocycles. The van der Waals surface area contributed by atoms with Crippen LogP contribution in [-0.4, -0.2) is 43.3 Å². The van der Waals surface area contributed by atoms with Gasteiger partial charge >= 0.3 is 16.1 Å². The number of hydrogen-bond donors (Lipinski definition) is 1. The molecule has 4 aliphatic heterocycles. The Kier molecular flexibility index (Phi) is 14.9. The van der Waals surface area contributed by atoms with Gasteiger partial charge in [0.25, 0.3) is 19.5 Å². The zero-order valence-corrected chi connectivity index (χ0v) is 49.4. The Morgan fingerprint density at radius 1 is 0.456 bits per heavy atom. The summed E-state index contributed by atoms with van der Waals surface area (Å²) in [5.41, 5.74) is 11.6. The van der Waals surface area contributed by atoms with Gasteiger partial charge in [0.15, 0.2) is 46.0 Å². The third kappa shape index (κ3) is 12.1. The normalized spacial score (nSPS) is 16.7. The van der Waals surface area contributed by atoms with Crippen LogP contribution >= 0.6 is 16.1 Å². The van der Waals surface area contributed by atoms with Crippen LogP contribution in [0.4, 0.5) is 5.69 Å². The molecule has 0 spiro atoms. The number of hydrogen-bond acceptors (Lipinski definition) is 13. The number of aryl methyl sites for hydroxylation is 2. The molecule has 7 aromatic rings. The summed E-state index contributed by atoms with van der Waals surface area (Å²) >= 11 is 0. The lowest BCUT2D eigenvalue weighted by Gasteiger charge is -2.30. The Hall–Kier alpha value is -6.54. The molecule has 0 bridgehead atoms. The van der Waals surface area contributed by atoms with E-state index in [1.165, 1.54) is 4.08 Å². The predicted octanol–water partition coefficient (Wildman–Crippen LogP) is 14.2. The Morgan fingerprint density at radius 3 is 1.16 bits per heavy atom. The lowest BCUT2D eigenvalue weighted by molar-refractivity contribution is 0.134. The summed E-state index contributed by atoms with van der Waals surface area (Å²) in [6.07, 6.45) is 2.80. The van der Waals surface area contributed by atoms with Gasteiger partial charge in [-0.1, -0.05) is 102 Å². The van der Waals surface area contributed by atoms with Gasteiger partial charge in [0, 0.05) is 53.6 Å². The third-order valence-corrected chi connectivity index (χ3v) is 21.6. The summed E-state index contributed by atoms with van der Waals surface area (Å²) in [4.78, 5) is 0.250. The molecule has 0 saturated carbocycles. The van der Waals surface area contributed by atoms with Crippen LogP contribution in [0.25, 0.3) is 0 Å². The number of para-hydroxylation sites is 5. The molecule has 0 saturated heterocycles. The number of nitrogen functional groups attached to an aromatic ring is 1. The molecular formula is C61H66N2O12P2S2. The van der Waals surface area contributed by atoms with Crippen molar-refractivity contribution in [2.45, 2.75) is 134 Å². The highest BCUT2D eigenvalue weighted by molar-refractivity contribution is 8.47. The smallest absolute Gasteiger partial charge is 0.427 e. The van der Waals surface area contributed by atoms with Gasteiger partial charge in [-0.3, -0.25) is 0 Å². The molecule has 0 fully saturated rings. The van der Waals surface area contributed by atoms with Crippen molar-refractivity contribution >= 4 is 41.3 Å². The molecule has 414 valence electrons. The van der Waals surface area contributed by atoms with Crippen molar-refractivity contribution in [1.29, 1.82) is 0 Å². The van der Waals surface area contributed by atoms with Gasteiger partial charge in [0.05, 0.1) is 16.3 Å². The minimum atomic E-state index is -4.17. The molecule has 11 rings (SSSR count). The topological polar surface area (TPSA) is 171 Å². The first kappa shape index (κ1) is 55.8. The second-order valence-electron chi connectivity index (χ2n) is 22.7. The molecule has 0 aromatic heterocycles.